The molecule has 2 rings (SSSR count). The molecule has 2 aromatic carbocycles. The summed E-state index contributed by atoms with van der Waals surface area (Å²) in [4.78, 5) is 23.4. The van der Waals surface area contributed by atoms with Crippen molar-refractivity contribution < 1.29 is 9.59 Å². The Morgan fingerprint density at radius 1 is 1.00 bits per heavy atom. The average Bonchev–Trinajstić information content (AvgIpc) is 2.51. The Labute approximate surface area is 133 Å². The third-order valence-corrected chi connectivity index (χ3v) is 3.31. The van der Waals surface area contributed by atoms with Crippen molar-refractivity contribution in [2.75, 3.05) is 17.7 Å². The van der Waals surface area contributed by atoms with E-state index in [1.165, 1.54) is 0 Å². The summed E-state index contributed by atoms with van der Waals surface area (Å²) in [5, 5.41) is 8.52. The van der Waals surface area contributed by atoms with Crippen molar-refractivity contribution in [3.05, 3.63) is 58.6 Å². The van der Waals surface area contributed by atoms with Crippen LogP contribution in [0.1, 0.15) is 15.9 Å². The van der Waals surface area contributed by atoms with Crippen LogP contribution in [-0.4, -0.2) is 19.0 Å². The van der Waals surface area contributed by atoms with Gasteiger partial charge in [-0.1, -0.05) is 17.7 Å². The molecule has 0 atom stereocenters. The Bertz CT molecular complexity index is 699. The molecule has 0 aromatic heterocycles. The second-order valence-electron chi connectivity index (χ2n) is 4.69. The average molecular weight is 318 g/mol. The van der Waals surface area contributed by atoms with E-state index in [2.05, 4.69) is 16.0 Å². The van der Waals surface area contributed by atoms with E-state index in [0.717, 1.165) is 5.56 Å². The molecule has 0 aliphatic carbocycles. The number of carbonyl (C=O) groups is 2. The molecule has 0 unspecified atom stereocenters. The summed E-state index contributed by atoms with van der Waals surface area (Å²) in [6, 6.07) is 11.5. The number of nitrogens with one attached hydrogen (secondary N) is 3. The zero-order valence-corrected chi connectivity index (χ0v) is 13.0. The molecule has 3 N–H and O–H groups in total. The van der Waals surface area contributed by atoms with Crippen molar-refractivity contribution in [2.24, 2.45) is 0 Å². The number of rotatable bonds is 3. The molecule has 0 aliphatic heterocycles. The summed E-state index contributed by atoms with van der Waals surface area (Å²) in [6.45, 7) is 1.88. The highest BCUT2D eigenvalue weighted by atomic mass is 35.5. The van der Waals surface area contributed by atoms with E-state index in [1.807, 2.05) is 13.0 Å². The van der Waals surface area contributed by atoms with E-state index >= 15 is 0 Å². The summed E-state index contributed by atoms with van der Waals surface area (Å²) in [5.41, 5.74) is 2.67. The fourth-order valence-corrected chi connectivity index (χ4v) is 2.03. The quantitative estimate of drug-likeness (QED) is 0.808. The number of anilines is 2. The third-order valence-electron chi connectivity index (χ3n) is 3.08. The Kier molecular flexibility index (Phi) is 5.01. The first kappa shape index (κ1) is 15.9. The lowest BCUT2D eigenvalue weighted by Crippen LogP contribution is -2.20. The molecule has 0 fully saturated rings. The van der Waals surface area contributed by atoms with Gasteiger partial charge in [-0.2, -0.15) is 0 Å². The fourth-order valence-electron chi connectivity index (χ4n) is 1.86. The molecule has 0 saturated heterocycles. The van der Waals surface area contributed by atoms with Crippen LogP contribution in [0.4, 0.5) is 16.2 Å². The smallest absolute Gasteiger partial charge is 0.323 e. The second-order valence-corrected chi connectivity index (χ2v) is 5.13. The number of benzene rings is 2. The summed E-state index contributed by atoms with van der Waals surface area (Å²) < 4.78 is 0. The molecule has 0 spiro atoms. The van der Waals surface area contributed by atoms with Gasteiger partial charge in [0.1, 0.15) is 0 Å². The number of carbonyl (C=O) groups excluding carboxylic acids is 2. The van der Waals surface area contributed by atoms with Crippen LogP contribution in [0.25, 0.3) is 0 Å². The van der Waals surface area contributed by atoms with E-state index in [1.54, 1.807) is 43.4 Å². The SMILES string of the molecule is CNC(=O)c1ccc(NC(=O)Nc2cc(Cl)ccc2C)cc1. The minimum absolute atomic E-state index is 0.175. The summed E-state index contributed by atoms with van der Waals surface area (Å²) in [5.74, 6) is -0.175. The molecule has 114 valence electrons. The number of halogens is 1. The van der Waals surface area contributed by atoms with Crippen molar-refractivity contribution in [3.8, 4) is 0 Å². The first-order valence-electron chi connectivity index (χ1n) is 6.66. The number of aryl methyl sites for hydroxylation is 1. The Balaban J connectivity index is 2.03. The van der Waals surface area contributed by atoms with Gasteiger partial charge in [0, 0.05) is 29.0 Å². The summed E-state index contributed by atoms with van der Waals surface area (Å²) in [6.07, 6.45) is 0. The number of hydrogen-bond acceptors (Lipinski definition) is 2. The molecule has 0 radical (unpaired) electrons. The highest BCUT2D eigenvalue weighted by Crippen LogP contribution is 2.20. The molecule has 0 aliphatic rings. The zero-order valence-electron chi connectivity index (χ0n) is 12.2. The predicted molar refractivity (Wildman–Crippen MR) is 88.7 cm³/mol. The maximum Gasteiger partial charge on any atom is 0.323 e. The predicted octanol–water partition coefficient (Wildman–Crippen LogP) is 3.65. The highest BCUT2D eigenvalue weighted by molar-refractivity contribution is 6.31. The van der Waals surface area contributed by atoms with Crippen LogP contribution in [0.2, 0.25) is 5.02 Å². The van der Waals surface area contributed by atoms with Gasteiger partial charge >= 0.3 is 6.03 Å². The maximum atomic E-state index is 12.0. The van der Waals surface area contributed by atoms with Gasteiger partial charge < -0.3 is 16.0 Å². The molecule has 0 saturated carbocycles. The minimum Gasteiger partial charge on any atom is -0.355 e. The molecule has 0 bridgehead atoms. The molecule has 0 heterocycles. The highest BCUT2D eigenvalue weighted by Gasteiger charge is 2.07. The number of amides is 3. The van der Waals surface area contributed by atoms with E-state index in [9.17, 15) is 9.59 Å². The number of hydrogen-bond donors (Lipinski definition) is 3. The lowest BCUT2D eigenvalue weighted by molar-refractivity contribution is 0.0963. The van der Waals surface area contributed by atoms with Gasteiger partial charge in [0.2, 0.25) is 0 Å². The monoisotopic (exact) mass is 317 g/mol. The standard InChI is InChI=1S/C16H16ClN3O2/c1-10-3-6-12(17)9-14(10)20-16(22)19-13-7-4-11(5-8-13)15(21)18-2/h3-9H,1-2H3,(H,18,21)(H2,19,20,22). The van der Waals surface area contributed by atoms with Gasteiger partial charge in [0.05, 0.1) is 0 Å². The van der Waals surface area contributed by atoms with Crippen molar-refractivity contribution in [1.82, 2.24) is 5.32 Å². The molecule has 6 heteroatoms. The largest absolute Gasteiger partial charge is 0.355 e. The summed E-state index contributed by atoms with van der Waals surface area (Å²) in [7, 11) is 1.56. The first-order valence-corrected chi connectivity index (χ1v) is 7.03. The lowest BCUT2D eigenvalue weighted by Gasteiger charge is -2.10. The molecular weight excluding hydrogens is 302 g/mol. The van der Waals surface area contributed by atoms with Gasteiger partial charge in [-0.15, -0.1) is 0 Å². The van der Waals surface area contributed by atoms with Crippen molar-refractivity contribution in [1.29, 1.82) is 0 Å². The molecule has 2 aromatic rings. The molecular formula is C16H16ClN3O2. The van der Waals surface area contributed by atoms with Crippen LogP contribution in [0.15, 0.2) is 42.5 Å². The number of urea groups is 1. The van der Waals surface area contributed by atoms with Crippen LogP contribution < -0.4 is 16.0 Å². The minimum atomic E-state index is -0.377. The van der Waals surface area contributed by atoms with Crippen molar-refractivity contribution >= 4 is 34.9 Å². The second kappa shape index (κ2) is 6.95. The molecule has 5 nitrogen and oxygen atoms in total. The maximum absolute atomic E-state index is 12.0. The van der Waals surface area contributed by atoms with Crippen molar-refractivity contribution in [2.45, 2.75) is 6.92 Å². The molecule has 3 amide bonds. The van der Waals surface area contributed by atoms with Crippen LogP contribution in [0, 0.1) is 6.92 Å². The lowest BCUT2D eigenvalue weighted by atomic mass is 10.2. The van der Waals surface area contributed by atoms with Crippen LogP contribution in [0.3, 0.4) is 0 Å². The van der Waals surface area contributed by atoms with Crippen molar-refractivity contribution in [3.63, 3.8) is 0 Å². The van der Waals surface area contributed by atoms with E-state index in [0.29, 0.717) is 22.0 Å². The van der Waals surface area contributed by atoms with E-state index in [-0.39, 0.29) is 11.9 Å². The van der Waals surface area contributed by atoms with Gasteiger partial charge in [0.15, 0.2) is 0 Å². The molecule has 22 heavy (non-hydrogen) atoms. The zero-order chi connectivity index (χ0) is 16.1. The van der Waals surface area contributed by atoms with Gasteiger partial charge in [-0.05, 0) is 48.9 Å². The van der Waals surface area contributed by atoms with Gasteiger partial charge in [-0.3, -0.25) is 4.79 Å². The summed E-state index contributed by atoms with van der Waals surface area (Å²) >= 11 is 5.91. The van der Waals surface area contributed by atoms with Crippen LogP contribution >= 0.6 is 11.6 Å². The Morgan fingerprint density at radius 2 is 1.68 bits per heavy atom. The topological polar surface area (TPSA) is 70.2 Å². The van der Waals surface area contributed by atoms with Crippen LogP contribution in [0.5, 0.6) is 0 Å². The van der Waals surface area contributed by atoms with E-state index in [4.69, 9.17) is 11.6 Å². The Hall–Kier alpha value is -2.53. The first-order chi connectivity index (χ1) is 10.5. The van der Waals surface area contributed by atoms with Gasteiger partial charge in [0.25, 0.3) is 5.91 Å². The van der Waals surface area contributed by atoms with E-state index < -0.39 is 0 Å². The Morgan fingerprint density at radius 3 is 2.32 bits per heavy atom. The van der Waals surface area contributed by atoms with Gasteiger partial charge in [-0.25, -0.2) is 4.79 Å². The third kappa shape index (κ3) is 3.99. The fraction of sp³-hybridized carbons (Fsp3) is 0.125. The normalized spacial score (nSPS) is 9.95. The van der Waals surface area contributed by atoms with Crippen LogP contribution in [-0.2, 0) is 0 Å².